The number of aromatic nitrogens is 1. The Labute approximate surface area is 178 Å². The van der Waals surface area contributed by atoms with E-state index in [2.05, 4.69) is 20.3 Å². The lowest BCUT2D eigenvalue weighted by Crippen LogP contribution is -2.20. The van der Waals surface area contributed by atoms with Crippen molar-refractivity contribution in [3.8, 4) is 0 Å². The molecule has 0 unspecified atom stereocenters. The Morgan fingerprint density at radius 1 is 0.968 bits per heavy atom. The first-order valence-electron chi connectivity index (χ1n) is 9.65. The quantitative estimate of drug-likeness (QED) is 0.431. The van der Waals surface area contributed by atoms with E-state index in [0.29, 0.717) is 12.1 Å². The highest BCUT2D eigenvalue weighted by atomic mass is 32.2. The predicted octanol–water partition coefficient (Wildman–Crippen LogP) is 3.75. The fraction of sp³-hybridized carbons (Fsp3) is 0.286. The Morgan fingerprint density at radius 2 is 1.71 bits per heavy atom. The molecular formula is C21H23F3N4O2S. The summed E-state index contributed by atoms with van der Waals surface area (Å²) in [6, 6.07) is 12.1. The average molecular weight is 453 g/mol. The Balaban J connectivity index is 1.82. The minimum absolute atomic E-state index is 0.259. The van der Waals surface area contributed by atoms with Gasteiger partial charge >= 0.3 is 6.18 Å². The third-order valence-electron chi connectivity index (χ3n) is 4.60. The average Bonchev–Trinajstić information content (AvgIpc) is 2.73. The number of sulfonamides is 1. The fourth-order valence-electron chi connectivity index (χ4n) is 3.00. The van der Waals surface area contributed by atoms with Crippen molar-refractivity contribution in [1.82, 2.24) is 15.6 Å². The first kappa shape index (κ1) is 23.0. The Hall–Kier alpha value is -2.69. The fourth-order valence-corrected chi connectivity index (χ4v) is 4.07. The third kappa shape index (κ3) is 5.93. The van der Waals surface area contributed by atoms with E-state index in [9.17, 15) is 21.6 Å². The minimum atomic E-state index is -4.53. The monoisotopic (exact) mass is 452 g/mol. The molecule has 0 spiro atoms. The Kier molecular flexibility index (Phi) is 7.14. The van der Waals surface area contributed by atoms with Crippen LogP contribution in [0, 0.1) is 0 Å². The third-order valence-corrected chi connectivity index (χ3v) is 5.98. The lowest BCUT2D eigenvalue weighted by atomic mass is 10.2. The largest absolute Gasteiger partial charge is 0.416 e. The number of para-hydroxylation sites is 1. The van der Waals surface area contributed by atoms with Crippen LogP contribution in [0.25, 0.3) is 10.9 Å². The van der Waals surface area contributed by atoms with Crippen LogP contribution in [0.3, 0.4) is 0 Å². The summed E-state index contributed by atoms with van der Waals surface area (Å²) in [4.78, 5) is 4.30. The molecule has 1 heterocycles. The van der Waals surface area contributed by atoms with Crippen molar-refractivity contribution in [1.29, 1.82) is 0 Å². The maximum Gasteiger partial charge on any atom is 0.416 e. The van der Waals surface area contributed by atoms with Gasteiger partial charge in [0, 0.05) is 11.9 Å². The number of nitrogens with one attached hydrogen (secondary N) is 3. The molecule has 3 rings (SSSR count). The summed E-state index contributed by atoms with van der Waals surface area (Å²) in [7, 11) is -2.20. The normalized spacial score (nSPS) is 12.3. The molecule has 166 valence electrons. The second kappa shape index (κ2) is 9.63. The van der Waals surface area contributed by atoms with E-state index in [1.54, 1.807) is 12.1 Å². The second-order valence-corrected chi connectivity index (χ2v) is 8.62. The van der Waals surface area contributed by atoms with Crippen LogP contribution in [0.2, 0.25) is 0 Å². The molecule has 31 heavy (non-hydrogen) atoms. The molecular weight excluding hydrogens is 429 g/mol. The van der Waals surface area contributed by atoms with Gasteiger partial charge in [0.15, 0.2) is 0 Å². The number of halogens is 3. The highest BCUT2D eigenvalue weighted by molar-refractivity contribution is 7.92. The van der Waals surface area contributed by atoms with Crippen LogP contribution in [-0.2, 0) is 22.7 Å². The van der Waals surface area contributed by atoms with Crippen LogP contribution in [0.1, 0.15) is 17.7 Å². The Morgan fingerprint density at radius 3 is 2.39 bits per heavy atom. The van der Waals surface area contributed by atoms with Crippen molar-refractivity contribution in [2.24, 2.45) is 0 Å². The first-order chi connectivity index (χ1) is 14.7. The second-order valence-electron chi connectivity index (χ2n) is 6.94. The van der Waals surface area contributed by atoms with E-state index in [4.69, 9.17) is 0 Å². The summed E-state index contributed by atoms with van der Waals surface area (Å²) in [5.41, 5.74) is 0.560. The number of hydrogen-bond donors (Lipinski definition) is 3. The van der Waals surface area contributed by atoms with Crippen LogP contribution in [0.5, 0.6) is 0 Å². The zero-order chi connectivity index (χ0) is 22.5. The van der Waals surface area contributed by atoms with E-state index in [-0.39, 0.29) is 10.6 Å². The van der Waals surface area contributed by atoms with Gasteiger partial charge < -0.3 is 10.6 Å². The van der Waals surface area contributed by atoms with E-state index < -0.39 is 21.8 Å². The predicted molar refractivity (Wildman–Crippen MR) is 114 cm³/mol. The van der Waals surface area contributed by atoms with Crippen molar-refractivity contribution < 1.29 is 21.6 Å². The standard InChI is InChI=1S/C21H23F3N4O2S/c1-25-12-3-13-26-14-17-9-6-15-4-2-5-19(20(15)27-17)28-31(29,30)18-10-7-16(8-11-18)21(22,23)24/h2,4-11,25-26,28H,3,12-14H2,1H3. The lowest BCUT2D eigenvalue weighted by Gasteiger charge is -2.12. The molecule has 0 aliphatic rings. The SMILES string of the molecule is CNCCCNCc1ccc2cccc(NS(=O)(=O)c3ccc(C(F)(F)F)cc3)c2n1. The van der Waals surface area contributed by atoms with E-state index >= 15 is 0 Å². The van der Waals surface area contributed by atoms with Gasteiger partial charge in [0.25, 0.3) is 10.0 Å². The van der Waals surface area contributed by atoms with Crippen molar-refractivity contribution in [2.45, 2.75) is 24.0 Å². The number of fused-ring (bicyclic) bond motifs is 1. The van der Waals surface area contributed by atoms with Gasteiger partial charge in [-0.2, -0.15) is 13.2 Å². The number of pyridine rings is 1. The smallest absolute Gasteiger partial charge is 0.320 e. The molecule has 0 atom stereocenters. The molecule has 0 fully saturated rings. The van der Waals surface area contributed by atoms with Crippen molar-refractivity contribution in [3.05, 3.63) is 65.9 Å². The summed E-state index contributed by atoms with van der Waals surface area (Å²) in [5, 5.41) is 7.09. The maximum absolute atomic E-state index is 12.7. The molecule has 10 heteroatoms. The van der Waals surface area contributed by atoms with Crippen LogP contribution in [0.15, 0.2) is 59.5 Å². The molecule has 0 radical (unpaired) electrons. The Bertz CT molecular complexity index is 1130. The van der Waals surface area contributed by atoms with Gasteiger partial charge in [-0.05, 0) is 63.0 Å². The molecule has 3 N–H and O–H groups in total. The zero-order valence-electron chi connectivity index (χ0n) is 16.8. The van der Waals surface area contributed by atoms with Gasteiger partial charge in [0.05, 0.1) is 27.4 Å². The van der Waals surface area contributed by atoms with Gasteiger partial charge in [-0.15, -0.1) is 0 Å². The van der Waals surface area contributed by atoms with Gasteiger partial charge in [0.2, 0.25) is 0 Å². The highest BCUT2D eigenvalue weighted by Crippen LogP contribution is 2.30. The van der Waals surface area contributed by atoms with Crippen LogP contribution < -0.4 is 15.4 Å². The maximum atomic E-state index is 12.7. The molecule has 0 saturated heterocycles. The molecule has 0 aliphatic heterocycles. The van der Waals surface area contributed by atoms with Crippen LogP contribution in [-0.4, -0.2) is 33.5 Å². The number of rotatable bonds is 9. The van der Waals surface area contributed by atoms with Gasteiger partial charge in [-0.3, -0.25) is 4.72 Å². The van der Waals surface area contributed by atoms with E-state index in [1.807, 2.05) is 25.2 Å². The number of alkyl halides is 3. The van der Waals surface area contributed by atoms with Gasteiger partial charge in [-0.1, -0.05) is 18.2 Å². The minimum Gasteiger partial charge on any atom is -0.320 e. The summed E-state index contributed by atoms with van der Waals surface area (Å²) in [5.74, 6) is 0. The van der Waals surface area contributed by atoms with E-state index in [0.717, 1.165) is 54.9 Å². The molecule has 0 saturated carbocycles. The highest BCUT2D eigenvalue weighted by Gasteiger charge is 2.30. The summed E-state index contributed by atoms with van der Waals surface area (Å²) in [6.07, 6.45) is -3.57. The first-order valence-corrected chi connectivity index (χ1v) is 11.1. The summed E-state index contributed by atoms with van der Waals surface area (Å²) >= 11 is 0. The topological polar surface area (TPSA) is 83.1 Å². The van der Waals surface area contributed by atoms with Crippen LogP contribution in [0.4, 0.5) is 18.9 Å². The summed E-state index contributed by atoms with van der Waals surface area (Å²) in [6.45, 7) is 2.23. The van der Waals surface area contributed by atoms with Gasteiger partial charge in [0.1, 0.15) is 0 Å². The summed E-state index contributed by atoms with van der Waals surface area (Å²) < 4.78 is 66.1. The zero-order valence-corrected chi connectivity index (χ0v) is 17.6. The molecule has 3 aromatic rings. The van der Waals surface area contributed by atoms with Crippen molar-refractivity contribution in [3.63, 3.8) is 0 Å². The molecule has 0 bridgehead atoms. The van der Waals surface area contributed by atoms with E-state index in [1.165, 1.54) is 0 Å². The lowest BCUT2D eigenvalue weighted by molar-refractivity contribution is -0.137. The molecule has 6 nitrogen and oxygen atoms in total. The molecule has 0 amide bonds. The van der Waals surface area contributed by atoms with Crippen molar-refractivity contribution >= 4 is 26.6 Å². The van der Waals surface area contributed by atoms with Crippen molar-refractivity contribution in [2.75, 3.05) is 24.9 Å². The number of hydrogen-bond acceptors (Lipinski definition) is 5. The number of anilines is 1. The number of benzene rings is 2. The molecule has 0 aliphatic carbocycles. The number of nitrogens with zero attached hydrogens (tertiary/aromatic N) is 1. The molecule has 2 aromatic carbocycles. The van der Waals surface area contributed by atoms with Gasteiger partial charge in [-0.25, -0.2) is 13.4 Å². The molecule has 1 aromatic heterocycles. The van der Waals surface area contributed by atoms with Crippen LogP contribution >= 0.6 is 0 Å².